The maximum absolute atomic E-state index is 6.07. The summed E-state index contributed by atoms with van der Waals surface area (Å²) in [7, 11) is 2.11. The molecule has 1 aliphatic heterocycles. The number of ether oxygens (including phenoxy) is 1. The van der Waals surface area contributed by atoms with Gasteiger partial charge in [0.2, 0.25) is 0 Å². The standard InChI is InChI=1S/C22H26N4O/c1-16-8-4-6-10-19(16)22-23-17(2)24-26(22)15-25(3)14-21-20-11-7-5-9-18(20)12-13-27-21/h4-11,21H,12-15H2,1-3H3. The van der Waals surface area contributed by atoms with Crippen LogP contribution in [-0.4, -0.2) is 39.9 Å². The highest BCUT2D eigenvalue weighted by molar-refractivity contribution is 5.59. The molecule has 0 amide bonds. The van der Waals surface area contributed by atoms with E-state index in [-0.39, 0.29) is 6.10 Å². The molecule has 5 nitrogen and oxygen atoms in total. The summed E-state index contributed by atoms with van der Waals surface area (Å²) < 4.78 is 8.06. The van der Waals surface area contributed by atoms with Crippen LogP contribution in [0.4, 0.5) is 0 Å². The topological polar surface area (TPSA) is 43.2 Å². The zero-order chi connectivity index (χ0) is 18.8. The van der Waals surface area contributed by atoms with E-state index in [1.807, 2.05) is 17.7 Å². The van der Waals surface area contributed by atoms with Gasteiger partial charge in [-0.3, -0.25) is 4.90 Å². The number of aromatic nitrogens is 3. The van der Waals surface area contributed by atoms with Crippen molar-refractivity contribution < 1.29 is 4.74 Å². The fourth-order valence-corrected chi connectivity index (χ4v) is 3.77. The highest BCUT2D eigenvalue weighted by Crippen LogP contribution is 2.28. The van der Waals surface area contributed by atoms with Gasteiger partial charge in [-0.2, -0.15) is 5.10 Å². The highest BCUT2D eigenvalue weighted by Gasteiger charge is 2.22. The van der Waals surface area contributed by atoms with Gasteiger partial charge in [-0.05, 0) is 44.0 Å². The monoisotopic (exact) mass is 362 g/mol. The van der Waals surface area contributed by atoms with Crippen LogP contribution in [0.2, 0.25) is 0 Å². The quantitative estimate of drug-likeness (QED) is 0.693. The smallest absolute Gasteiger partial charge is 0.159 e. The van der Waals surface area contributed by atoms with E-state index in [0.29, 0.717) is 6.67 Å². The molecule has 2 heterocycles. The molecule has 5 heteroatoms. The summed E-state index contributed by atoms with van der Waals surface area (Å²) in [5.41, 5.74) is 5.05. The van der Waals surface area contributed by atoms with E-state index in [4.69, 9.17) is 4.74 Å². The van der Waals surface area contributed by atoms with Gasteiger partial charge < -0.3 is 4.74 Å². The molecule has 0 N–H and O–H groups in total. The van der Waals surface area contributed by atoms with Crippen LogP contribution >= 0.6 is 0 Å². The molecule has 0 spiro atoms. The summed E-state index contributed by atoms with van der Waals surface area (Å²) in [5, 5.41) is 4.63. The second-order valence-electron chi connectivity index (χ2n) is 7.29. The normalized spacial score (nSPS) is 16.5. The van der Waals surface area contributed by atoms with E-state index >= 15 is 0 Å². The van der Waals surface area contributed by atoms with Crippen LogP contribution in [0.15, 0.2) is 48.5 Å². The minimum atomic E-state index is 0.103. The van der Waals surface area contributed by atoms with Crippen LogP contribution in [0.5, 0.6) is 0 Å². The average Bonchev–Trinajstić information content (AvgIpc) is 3.02. The van der Waals surface area contributed by atoms with Crippen LogP contribution in [0.25, 0.3) is 11.4 Å². The zero-order valence-corrected chi connectivity index (χ0v) is 16.2. The summed E-state index contributed by atoms with van der Waals surface area (Å²) >= 11 is 0. The first-order chi connectivity index (χ1) is 13.1. The molecule has 1 unspecified atom stereocenters. The summed E-state index contributed by atoms with van der Waals surface area (Å²) in [6.07, 6.45) is 1.10. The molecular weight excluding hydrogens is 336 g/mol. The molecule has 1 atom stereocenters. The SMILES string of the molecule is Cc1nc(-c2ccccc2C)n(CN(C)CC2OCCc3ccccc32)n1. The Morgan fingerprint density at radius 2 is 1.89 bits per heavy atom. The predicted octanol–water partition coefficient (Wildman–Crippen LogP) is 3.77. The number of aryl methyl sites for hydroxylation is 2. The van der Waals surface area contributed by atoms with Gasteiger partial charge >= 0.3 is 0 Å². The fourth-order valence-electron chi connectivity index (χ4n) is 3.77. The molecular formula is C22H26N4O. The number of hydrogen-bond acceptors (Lipinski definition) is 4. The lowest BCUT2D eigenvalue weighted by Crippen LogP contribution is -2.31. The van der Waals surface area contributed by atoms with Gasteiger partial charge in [0.1, 0.15) is 5.82 Å². The second kappa shape index (κ2) is 7.62. The second-order valence-corrected chi connectivity index (χ2v) is 7.29. The van der Waals surface area contributed by atoms with Crippen molar-refractivity contribution in [1.29, 1.82) is 0 Å². The first-order valence-electron chi connectivity index (χ1n) is 9.47. The van der Waals surface area contributed by atoms with Crippen molar-refractivity contribution in [3.63, 3.8) is 0 Å². The van der Waals surface area contributed by atoms with Crippen molar-refractivity contribution >= 4 is 0 Å². The maximum Gasteiger partial charge on any atom is 0.159 e. The molecule has 0 saturated heterocycles. The van der Waals surface area contributed by atoms with Crippen LogP contribution < -0.4 is 0 Å². The van der Waals surface area contributed by atoms with Crippen LogP contribution in [0.3, 0.4) is 0 Å². The van der Waals surface area contributed by atoms with Crippen LogP contribution in [-0.2, 0) is 17.8 Å². The first kappa shape index (κ1) is 17.9. The van der Waals surface area contributed by atoms with Crippen LogP contribution in [0, 0.1) is 13.8 Å². The Hall–Kier alpha value is -2.50. The maximum atomic E-state index is 6.07. The summed E-state index contributed by atoms with van der Waals surface area (Å²) in [6.45, 7) is 6.33. The van der Waals surface area contributed by atoms with E-state index in [1.54, 1.807) is 0 Å². The van der Waals surface area contributed by atoms with Crippen molar-refractivity contribution in [1.82, 2.24) is 19.7 Å². The number of rotatable bonds is 5. The van der Waals surface area contributed by atoms with Gasteiger partial charge in [-0.1, -0.05) is 48.5 Å². The highest BCUT2D eigenvalue weighted by atomic mass is 16.5. The summed E-state index contributed by atoms with van der Waals surface area (Å²) in [5.74, 6) is 1.71. The molecule has 0 aliphatic carbocycles. The molecule has 0 fully saturated rings. The number of likely N-dealkylation sites (N-methyl/N-ethyl adjacent to an activating group) is 1. The molecule has 3 aromatic rings. The van der Waals surface area contributed by atoms with Crippen molar-refractivity contribution in [2.45, 2.75) is 33.0 Å². The minimum Gasteiger partial charge on any atom is -0.372 e. The Labute approximate surface area is 160 Å². The Morgan fingerprint density at radius 3 is 2.74 bits per heavy atom. The van der Waals surface area contributed by atoms with Gasteiger partial charge in [0.05, 0.1) is 19.4 Å². The van der Waals surface area contributed by atoms with E-state index < -0.39 is 0 Å². The minimum absolute atomic E-state index is 0.103. The third-order valence-electron chi connectivity index (χ3n) is 5.11. The molecule has 0 saturated carbocycles. The number of fused-ring (bicyclic) bond motifs is 1. The zero-order valence-electron chi connectivity index (χ0n) is 16.2. The first-order valence-corrected chi connectivity index (χ1v) is 9.47. The van der Waals surface area contributed by atoms with Crippen molar-refractivity contribution in [2.24, 2.45) is 0 Å². The van der Waals surface area contributed by atoms with Gasteiger partial charge in [0, 0.05) is 12.1 Å². The molecule has 0 radical (unpaired) electrons. The lowest BCUT2D eigenvalue weighted by Gasteiger charge is -2.29. The molecule has 0 bridgehead atoms. The van der Waals surface area contributed by atoms with E-state index in [0.717, 1.165) is 36.8 Å². The number of benzene rings is 2. The summed E-state index contributed by atoms with van der Waals surface area (Å²) in [4.78, 5) is 6.92. The van der Waals surface area contributed by atoms with E-state index in [9.17, 15) is 0 Å². The van der Waals surface area contributed by atoms with Gasteiger partial charge in [0.25, 0.3) is 0 Å². The largest absolute Gasteiger partial charge is 0.372 e. The number of nitrogens with zero attached hydrogens (tertiary/aromatic N) is 4. The van der Waals surface area contributed by atoms with Crippen molar-refractivity contribution in [3.05, 3.63) is 71.0 Å². The van der Waals surface area contributed by atoms with E-state index in [2.05, 4.69) is 71.4 Å². The Kier molecular flexibility index (Phi) is 5.05. The van der Waals surface area contributed by atoms with Crippen LogP contribution in [0.1, 0.15) is 28.6 Å². The Morgan fingerprint density at radius 1 is 1.11 bits per heavy atom. The van der Waals surface area contributed by atoms with Gasteiger partial charge in [0.15, 0.2) is 5.82 Å². The predicted molar refractivity (Wildman–Crippen MR) is 106 cm³/mol. The molecule has 1 aliphatic rings. The molecule has 140 valence electrons. The van der Waals surface area contributed by atoms with Crippen molar-refractivity contribution in [3.8, 4) is 11.4 Å². The average molecular weight is 362 g/mol. The van der Waals surface area contributed by atoms with Gasteiger partial charge in [-0.15, -0.1) is 0 Å². The number of hydrogen-bond donors (Lipinski definition) is 0. The molecule has 1 aromatic heterocycles. The molecule has 2 aromatic carbocycles. The molecule has 27 heavy (non-hydrogen) atoms. The molecule has 4 rings (SSSR count). The lowest BCUT2D eigenvalue weighted by molar-refractivity contribution is 0.0148. The Balaban J connectivity index is 1.53. The van der Waals surface area contributed by atoms with Crippen molar-refractivity contribution in [2.75, 3.05) is 20.2 Å². The van der Waals surface area contributed by atoms with Gasteiger partial charge in [-0.25, -0.2) is 9.67 Å². The third kappa shape index (κ3) is 3.80. The Bertz CT molecular complexity index is 934. The third-order valence-corrected chi connectivity index (χ3v) is 5.11. The fraction of sp³-hybridized carbons (Fsp3) is 0.364. The lowest BCUT2D eigenvalue weighted by atomic mass is 9.97. The summed E-state index contributed by atoms with van der Waals surface area (Å²) in [6, 6.07) is 16.9. The van der Waals surface area contributed by atoms with E-state index in [1.165, 1.54) is 16.7 Å².